The van der Waals surface area contributed by atoms with Crippen LogP contribution in [0.5, 0.6) is 0 Å². The average molecular weight is 414 g/mol. The quantitative estimate of drug-likeness (QED) is 0.773. The van der Waals surface area contributed by atoms with Gasteiger partial charge in [-0.05, 0) is 41.2 Å². The zero-order valence-corrected chi connectivity index (χ0v) is 17.7. The van der Waals surface area contributed by atoms with Gasteiger partial charge in [0, 0.05) is 38.4 Å². The van der Waals surface area contributed by atoms with Gasteiger partial charge in [-0.1, -0.05) is 42.5 Å². The van der Waals surface area contributed by atoms with E-state index in [4.69, 9.17) is 0 Å². The third-order valence-corrected chi connectivity index (χ3v) is 8.16. The summed E-state index contributed by atoms with van der Waals surface area (Å²) < 4.78 is 0.493. The van der Waals surface area contributed by atoms with Gasteiger partial charge in [0.1, 0.15) is 0 Å². The van der Waals surface area contributed by atoms with Crippen molar-refractivity contribution in [3.8, 4) is 0 Å². The minimum atomic E-state index is 0.0143. The van der Waals surface area contributed by atoms with Crippen molar-refractivity contribution in [3.05, 3.63) is 65.7 Å². The number of carbonyl (C=O) groups excluding carboxylic acids is 1. The largest absolute Gasteiger partial charge is 0.322 e. The first kappa shape index (κ1) is 19.7. The molecule has 1 N–H and O–H groups in total. The van der Waals surface area contributed by atoms with Crippen LogP contribution >= 0.6 is 23.5 Å². The van der Waals surface area contributed by atoms with Gasteiger partial charge in [-0.25, -0.2) is 4.79 Å². The lowest BCUT2D eigenvalue weighted by atomic mass is 10.2. The molecular formula is C22H27N3OS2. The summed E-state index contributed by atoms with van der Waals surface area (Å²) in [5.41, 5.74) is 3.54. The van der Waals surface area contributed by atoms with Crippen molar-refractivity contribution in [2.45, 2.75) is 17.5 Å². The van der Waals surface area contributed by atoms with Crippen LogP contribution in [0, 0.1) is 0 Å². The summed E-state index contributed by atoms with van der Waals surface area (Å²) in [6.07, 6.45) is 1.29. The summed E-state index contributed by atoms with van der Waals surface area (Å²) in [5, 5.41) is 3.11. The third-order valence-electron chi connectivity index (χ3n) is 5.15. The Morgan fingerprint density at radius 1 is 0.964 bits per heavy atom. The highest BCUT2D eigenvalue weighted by Crippen LogP contribution is 2.44. The van der Waals surface area contributed by atoms with Crippen LogP contribution in [0.4, 0.5) is 10.5 Å². The number of nitrogens with zero attached hydrogens (tertiary/aromatic N) is 2. The molecule has 28 heavy (non-hydrogen) atoms. The summed E-state index contributed by atoms with van der Waals surface area (Å²) in [6, 6.07) is 18.9. The lowest BCUT2D eigenvalue weighted by molar-refractivity contribution is 0.143. The summed E-state index contributed by atoms with van der Waals surface area (Å²) in [4.78, 5) is 17.0. The molecule has 0 atom stereocenters. The van der Waals surface area contributed by atoms with Crippen LogP contribution in [0.3, 0.4) is 0 Å². The molecule has 2 aromatic carbocycles. The Bertz CT molecular complexity index is 772. The first-order valence-corrected chi connectivity index (χ1v) is 12.0. The first-order valence-electron chi connectivity index (χ1n) is 9.93. The Kier molecular flexibility index (Phi) is 6.83. The molecule has 2 heterocycles. The second-order valence-corrected chi connectivity index (χ2v) is 9.96. The van der Waals surface area contributed by atoms with E-state index in [0.29, 0.717) is 4.58 Å². The molecule has 2 aliphatic rings. The van der Waals surface area contributed by atoms with Crippen molar-refractivity contribution in [2.24, 2.45) is 0 Å². The zero-order valence-electron chi connectivity index (χ0n) is 16.0. The number of anilines is 1. The number of carbonyl (C=O) groups is 1. The van der Waals surface area contributed by atoms with E-state index < -0.39 is 0 Å². The molecule has 6 heteroatoms. The number of benzene rings is 2. The highest BCUT2D eigenvalue weighted by atomic mass is 32.2. The number of hydrogen-bond acceptors (Lipinski definition) is 4. The maximum Gasteiger partial charge on any atom is 0.321 e. The average Bonchev–Trinajstić information content (AvgIpc) is 2.76. The molecule has 148 valence electrons. The number of rotatable bonds is 4. The number of nitrogens with one attached hydrogen (secondary N) is 1. The molecule has 0 aliphatic carbocycles. The Morgan fingerprint density at radius 2 is 1.71 bits per heavy atom. The van der Waals surface area contributed by atoms with Gasteiger partial charge in [-0.15, -0.1) is 23.5 Å². The molecule has 2 amide bonds. The molecule has 2 fully saturated rings. The van der Waals surface area contributed by atoms with Gasteiger partial charge in [0.05, 0.1) is 4.58 Å². The van der Waals surface area contributed by atoms with E-state index in [9.17, 15) is 4.79 Å². The zero-order chi connectivity index (χ0) is 19.2. The number of hydrogen-bond donors (Lipinski definition) is 1. The lowest BCUT2D eigenvalue weighted by Gasteiger charge is -2.34. The number of piperazine rings is 1. The molecule has 4 rings (SSSR count). The molecule has 0 radical (unpaired) electrons. The summed E-state index contributed by atoms with van der Waals surface area (Å²) in [7, 11) is 0. The van der Waals surface area contributed by atoms with Gasteiger partial charge in [0.2, 0.25) is 0 Å². The van der Waals surface area contributed by atoms with Crippen molar-refractivity contribution >= 4 is 35.2 Å². The van der Waals surface area contributed by atoms with Gasteiger partial charge >= 0.3 is 6.03 Å². The predicted molar refractivity (Wildman–Crippen MR) is 121 cm³/mol. The summed E-state index contributed by atoms with van der Waals surface area (Å²) in [6.45, 7) is 4.32. The number of urea groups is 1. The van der Waals surface area contributed by atoms with Gasteiger partial charge < -0.3 is 10.2 Å². The second kappa shape index (κ2) is 9.72. The molecule has 0 spiro atoms. The number of amides is 2. The van der Waals surface area contributed by atoms with Crippen molar-refractivity contribution in [1.82, 2.24) is 9.80 Å². The third kappa shape index (κ3) is 5.25. The van der Waals surface area contributed by atoms with Gasteiger partial charge in [-0.2, -0.15) is 0 Å². The Morgan fingerprint density at radius 3 is 2.46 bits per heavy atom. The molecule has 0 bridgehead atoms. The second-order valence-electron chi connectivity index (χ2n) is 7.23. The fourth-order valence-electron chi connectivity index (χ4n) is 3.60. The van der Waals surface area contributed by atoms with Crippen molar-refractivity contribution in [3.63, 3.8) is 0 Å². The SMILES string of the molecule is O=C(Nc1cccc(C2SCCCS2)c1)N1CCN(Cc2ccccc2)CC1. The molecular weight excluding hydrogens is 386 g/mol. The maximum absolute atomic E-state index is 12.7. The summed E-state index contributed by atoms with van der Waals surface area (Å²) >= 11 is 4.01. The number of thioether (sulfide) groups is 2. The fraction of sp³-hybridized carbons (Fsp3) is 0.409. The first-order chi connectivity index (χ1) is 13.8. The van der Waals surface area contributed by atoms with Crippen LogP contribution < -0.4 is 5.32 Å². The Labute approximate surface area is 176 Å². The molecule has 0 unspecified atom stereocenters. The van der Waals surface area contributed by atoms with E-state index in [2.05, 4.69) is 52.7 Å². The van der Waals surface area contributed by atoms with E-state index in [1.807, 2.05) is 40.6 Å². The molecule has 2 aliphatic heterocycles. The Hall–Kier alpha value is -1.63. The van der Waals surface area contributed by atoms with E-state index in [1.54, 1.807) is 0 Å². The van der Waals surface area contributed by atoms with Crippen LogP contribution in [0.15, 0.2) is 54.6 Å². The van der Waals surface area contributed by atoms with Crippen LogP contribution in [-0.4, -0.2) is 53.5 Å². The van der Waals surface area contributed by atoms with Gasteiger partial charge in [-0.3, -0.25) is 4.90 Å². The molecule has 0 aromatic heterocycles. The lowest BCUT2D eigenvalue weighted by Crippen LogP contribution is -2.49. The maximum atomic E-state index is 12.7. The van der Waals surface area contributed by atoms with Crippen molar-refractivity contribution < 1.29 is 4.79 Å². The summed E-state index contributed by atoms with van der Waals surface area (Å²) in [5.74, 6) is 2.45. The molecule has 2 saturated heterocycles. The molecule has 2 aromatic rings. The van der Waals surface area contributed by atoms with Crippen LogP contribution in [-0.2, 0) is 6.54 Å². The standard InChI is InChI=1S/C22H27N3OS2/c26-22(23-20-9-4-8-19(16-20)21-27-14-5-15-28-21)25-12-10-24(11-13-25)17-18-6-2-1-3-7-18/h1-4,6-9,16,21H,5,10-15,17H2,(H,23,26). The van der Waals surface area contributed by atoms with Crippen molar-refractivity contribution in [1.29, 1.82) is 0 Å². The van der Waals surface area contributed by atoms with E-state index >= 15 is 0 Å². The minimum Gasteiger partial charge on any atom is -0.322 e. The van der Waals surface area contributed by atoms with Crippen LogP contribution in [0.25, 0.3) is 0 Å². The normalized spacial score (nSPS) is 18.8. The van der Waals surface area contributed by atoms with E-state index in [1.165, 1.54) is 29.1 Å². The highest BCUT2D eigenvalue weighted by molar-refractivity contribution is 8.16. The van der Waals surface area contributed by atoms with Crippen LogP contribution in [0.2, 0.25) is 0 Å². The minimum absolute atomic E-state index is 0.0143. The van der Waals surface area contributed by atoms with Crippen LogP contribution in [0.1, 0.15) is 22.1 Å². The predicted octanol–water partition coefficient (Wildman–Crippen LogP) is 4.91. The fourth-order valence-corrected chi connectivity index (χ4v) is 6.47. The monoisotopic (exact) mass is 413 g/mol. The van der Waals surface area contributed by atoms with Gasteiger partial charge in [0.15, 0.2) is 0 Å². The molecule has 0 saturated carbocycles. The highest BCUT2D eigenvalue weighted by Gasteiger charge is 2.22. The topological polar surface area (TPSA) is 35.6 Å². The van der Waals surface area contributed by atoms with E-state index in [0.717, 1.165) is 38.4 Å². The molecule has 4 nitrogen and oxygen atoms in total. The van der Waals surface area contributed by atoms with E-state index in [-0.39, 0.29) is 6.03 Å². The van der Waals surface area contributed by atoms with Gasteiger partial charge in [0.25, 0.3) is 0 Å². The van der Waals surface area contributed by atoms with Crippen molar-refractivity contribution in [2.75, 3.05) is 43.0 Å². The Balaban J connectivity index is 1.29. The smallest absolute Gasteiger partial charge is 0.321 e.